The lowest BCUT2D eigenvalue weighted by Gasteiger charge is -2.18. The molecule has 1 aromatic carbocycles. The van der Waals surface area contributed by atoms with Gasteiger partial charge in [0.25, 0.3) is 0 Å². The van der Waals surface area contributed by atoms with E-state index in [-0.39, 0.29) is 23.3 Å². The predicted octanol–water partition coefficient (Wildman–Crippen LogP) is 3.03. The number of nitrogens with zero attached hydrogens (tertiary/aromatic N) is 1. The first-order chi connectivity index (χ1) is 8.08. The first kappa shape index (κ1) is 13.8. The van der Waals surface area contributed by atoms with Crippen LogP contribution >= 0.6 is 15.9 Å². The molecule has 0 aliphatic heterocycles. The Labute approximate surface area is 108 Å². The Balaban J connectivity index is 3.00. The summed E-state index contributed by atoms with van der Waals surface area (Å²) < 4.78 is 0.917. The van der Waals surface area contributed by atoms with Crippen molar-refractivity contribution < 1.29 is 9.72 Å². The number of nitro groups is 1. The van der Waals surface area contributed by atoms with Crippen LogP contribution in [0.3, 0.4) is 0 Å². The molecule has 17 heavy (non-hydrogen) atoms. The van der Waals surface area contributed by atoms with Gasteiger partial charge in [-0.15, -0.1) is 0 Å². The first-order valence-electron chi connectivity index (χ1n) is 5.41. The zero-order valence-corrected chi connectivity index (χ0v) is 11.1. The third-order valence-electron chi connectivity index (χ3n) is 2.81. The molecule has 0 radical (unpaired) electrons. The Kier molecular flexibility index (Phi) is 5.28. The summed E-state index contributed by atoms with van der Waals surface area (Å²) in [5.41, 5.74) is 0.837. The molecule has 2 atom stereocenters. The molecule has 92 valence electrons. The van der Waals surface area contributed by atoms with Crippen LogP contribution in [-0.2, 0) is 4.79 Å². The molecule has 2 unspecified atom stereocenters. The largest absolute Gasteiger partial charge is 0.303 e. The lowest BCUT2D eigenvalue weighted by atomic mass is 9.85. The van der Waals surface area contributed by atoms with Crippen LogP contribution in [0, 0.1) is 16.0 Å². The third kappa shape index (κ3) is 3.93. The smallest absolute Gasteiger partial charge is 0.211 e. The maximum absolute atomic E-state index is 11.0. The van der Waals surface area contributed by atoms with Gasteiger partial charge in [-0.3, -0.25) is 10.1 Å². The summed E-state index contributed by atoms with van der Waals surface area (Å²) in [4.78, 5) is 21.3. The summed E-state index contributed by atoms with van der Waals surface area (Å²) in [5.74, 6) is -0.651. The molecule has 0 N–H and O–H groups in total. The molecule has 0 saturated heterocycles. The van der Waals surface area contributed by atoms with E-state index in [1.165, 1.54) is 0 Å². The Morgan fingerprint density at radius 3 is 2.41 bits per heavy atom. The summed E-state index contributed by atoms with van der Waals surface area (Å²) in [6, 6.07) is 7.31. The molecule has 0 bridgehead atoms. The molecule has 1 aromatic rings. The number of hydrogen-bond donors (Lipinski definition) is 0. The predicted molar refractivity (Wildman–Crippen MR) is 68.6 cm³/mol. The summed E-state index contributed by atoms with van der Waals surface area (Å²) in [5, 5.41) is 10.7. The van der Waals surface area contributed by atoms with Gasteiger partial charge >= 0.3 is 0 Å². The van der Waals surface area contributed by atoms with Crippen LogP contribution in [0.1, 0.15) is 24.8 Å². The van der Waals surface area contributed by atoms with Gasteiger partial charge in [-0.05, 0) is 24.1 Å². The number of carbonyl (C=O) groups excluding carboxylic acids is 1. The Hall–Kier alpha value is -1.23. The molecular formula is C12H14BrNO3. The summed E-state index contributed by atoms with van der Waals surface area (Å²) in [6.45, 7) is 1.66. The highest BCUT2D eigenvalue weighted by atomic mass is 79.9. The number of benzene rings is 1. The van der Waals surface area contributed by atoms with Crippen molar-refractivity contribution in [1.82, 2.24) is 0 Å². The van der Waals surface area contributed by atoms with Gasteiger partial charge < -0.3 is 4.79 Å². The number of carbonyl (C=O) groups is 1. The van der Waals surface area contributed by atoms with Gasteiger partial charge in [-0.25, -0.2) is 0 Å². The number of hydrogen-bond acceptors (Lipinski definition) is 3. The van der Waals surface area contributed by atoms with Crippen molar-refractivity contribution >= 4 is 22.2 Å². The molecule has 0 aliphatic carbocycles. The fourth-order valence-corrected chi connectivity index (χ4v) is 2.10. The molecule has 0 heterocycles. The van der Waals surface area contributed by atoms with Gasteiger partial charge in [0, 0.05) is 15.3 Å². The lowest BCUT2D eigenvalue weighted by molar-refractivity contribution is -0.484. The van der Waals surface area contributed by atoms with E-state index in [9.17, 15) is 14.9 Å². The fraction of sp³-hybridized carbons (Fsp3) is 0.417. The highest BCUT2D eigenvalue weighted by Crippen LogP contribution is 2.27. The van der Waals surface area contributed by atoms with E-state index in [1.54, 1.807) is 0 Å². The van der Waals surface area contributed by atoms with E-state index in [2.05, 4.69) is 15.9 Å². The molecule has 0 aromatic heterocycles. The Bertz CT molecular complexity index is 391. The van der Waals surface area contributed by atoms with Crippen molar-refractivity contribution in [2.75, 3.05) is 6.54 Å². The van der Waals surface area contributed by atoms with Crippen LogP contribution in [0.2, 0.25) is 0 Å². The highest BCUT2D eigenvalue weighted by Gasteiger charge is 2.26. The van der Waals surface area contributed by atoms with Crippen molar-refractivity contribution in [3.05, 3.63) is 44.4 Å². The Morgan fingerprint density at radius 1 is 1.41 bits per heavy atom. The highest BCUT2D eigenvalue weighted by molar-refractivity contribution is 9.10. The molecular weight excluding hydrogens is 286 g/mol. The Morgan fingerprint density at radius 2 is 2.00 bits per heavy atom. The maximum atomic E-state index is 11.0. The molecule has 0 saturated carbocycles. The van der Waals surface area contributed by atoms with E-state index in [1.807, 2.05) is 31.2 Å². The van der Waals surface area contributed by atoms with Gasteiger partial charge in [0.15, 0.2) is 0 Å². The second kappa shape index (κ2) is 6.49. The average molecular weight is 300 g/mol. The van der Waals surface area contributed by atoms with Gasteiger partial charge in [-0.2, -0.15) is 0 Å². The first-order valence-corrected chi connectivity index (χ1v) is 6.20. The summed E-state index contributed by atoms with van der Waals surface area (Å²) in [7, 11) is 0. The van der Waals surface area contributed by atoms with Crippen LogP contribution in [-0.4, -0.2) is 17.8 Å². The minimum atomic E-state index is -0.362. The van der Waals surface area contributed by atoms with Gasteiger partial charge in [0.1, 0.15) is 6.29 Å². The van der Waals surface area contributed by atoms with E-state index in [0.717, 1.165) is 16.3 Å². The fourth-order valence-electron chi connectivity index (χ4n) is 1.83. The SMILES string of the molecule is CCC(C=O)C(C[N+](=O)[O-])c1ccc(Br)cc1. The normalized spacial score (nSPS) is 14.0. The minimum Gasteiger partial charge on any atom is -0.303 e. The van der Waals surface area contributed by atoms with E-state index < -0.39 is 0 Å². The van der Waals surface area contributed by atoms with Crippen molar-refractivity contribution in [3.8, 4) is 0 Å². The molecule has 1 rings (SSSR count). The zero-order chi connectivity index (χ0) is 12.8. The second-order valence-corrected chi connectivity index (χ2v) is 4.80. The second-order valence-electron chi connectivity index (χ2n) is 3.88. The van der Waals surface area contributed by atoms with Crippen LogP contribution in [0.25, 0.3) is 0 Å². The van der Waals surface area contributed by atoms with Crippen LogP contribution in [0.15, 0.2) is 28.7 Å². The molecule has 0 fully saturated rings. The van der Waals surface area contributed by atoms with Crippen LogP contribution < -0.4 is 0 Å². The number of aldehydes is 1. The lowest BCUT2D eigenvalue weighted by Crippen LogP contribution is -2.22. The van der Waals surface area contributed by atoms with E-state index in [0.29, 0.717) is 6.42 Å². The summed E-state index contributed by atoms with van der Waals surface area (Å²) in [6.07, 6.45) is 1.42. The molecule has 5 heteroatoms. The van der Waals surface area contributed by atoms with E-state index >= 15 is 0 Å². The topological polar surface area (TPSA) is 60.2 Å². The van der Waals surface area contributed by atoms with Crippen molar-refractivity contribution in [1.29, 1.82) is 0 Å². The monoisotopic (exact) mass is 299 g/mol. The quantitative estimate of drug-likeness (QED) is 0.461. The molecule has 0 aliphatic rings. The van der Waals surface area contributed by atoms with Crippen molar-refractivity contribution in [3.63, 3.8) is 0 Å². The zero-order valence-electron chi connectivity index (χ0n) is 9.51. The average Bonchev–Trinajstić information content (AvgIpc) is 2.30. The van der Waals surface area contributed by atoms with Gasteiger partial charge in [-0.1, -0.05) is 35.0 Å². The minimum absolute atomic E-state index is 0.209. The molecule has 0 spiro atoms. The van der Waals surface area contributed by atoms with E-state index in [4.69, 9.17) is 0 Å². The van der Waals surface area contributed by atoms with Crippen molar-refractivity contribution in [2.24, 2.45) is 5.92 Å². The third-order valence-corrected chi connectivity index (χ3v) is 3.34. The maximum Gasteiger partial charge on any atom is 0.211 e. The van der Waals surface area contributed by atoms with Crippen molar-refractivity contribution in [2.45, 2.75) is 19.3 Å². The van der Waals surface area contributed by atoms with Crippen LogP contribution in [0.4, 0.5) is 0 Å². The molecule has 4 nitrogen and oxygen atoms in total. The van der Waals surface area contributed by atoms with Gasteiger partial charge in [0.2, 0.25) is 6.54 Å². The number of halogens is 1. The molecule has 0 amide bonds. The number of rotatable bonds is 6. The summed E-state index contributed by atoms with van der Waals surface area (Å²) >= 11 is 3.31. The van der Waals surface area contributed by atoms with Gasteiger partial charge in [0.05, 0.1) is 5.92 Å². The van der Waals surface area contributed by atoms with Crippen LogP contribution in [0.5, 0.6) is 0 Å². The standard InChI is InChI=1S/C12H14BrNO3/c1-2-9(8-15)12(7-14(16)17)10-3-5-11(13)6-4-10/h3-6,8-9,12H,2,7H2,1H3.